The molecule has 0 heterocycles. The van der Waals surface area contributed by atoms with Gasteiger partial charge >= 0.3 is 0 Å². The molecule has 0 radical (unpaired) electrons. The van der Waals surface area contributed by atoms with E-state index in [1.54, 1.807) is 31.2 Å². The predicted molar refractivity (Wildman–Crippen MR) is 88.3 cm³/mol. The molecule has 0 bridgehead atoms. The van der Waals surface area contributed by atoms with Gasteiger partial charge in [0.1, 0.15) is 11.6 Å². The highest BCUT2D eigenvalue weighted by Gasteiger charge is 2.22. The summed E-state index contributed by atoms with van der Waals surface area (Å²) >= 11 is 0. The Labute approximate surface area is 140 Å². The van der Waals surface area contributed by atoms with E-state index in [4.69, 9.17) is 10.00 Å². The largest absolute Gasteiger partial charge is 0.496 e. The van der Waals surface area contributed by atoms with Gasteiger partial charge in [-0.05, 0) is 36.8 Å². The van der Waals surface area contributed by atoms with Gasteiger partial charge in [-0.25, -0.2) is 17.5 Å². The Morgan fingerprint density at radius 2 is 2.00 bits per heavy atom. The zero-order valence-corrected chi connectivity index (χ0v) is 14.1. The van der Waals surface area contributed by atoms with Crippen LogP contribution in [0.4, 0.5) is 4.39 Å². The van der Waals surface area contributed by atoms with Gasteiger partial charge in [-0.3, -0.25) is 0 Å². The number of ether oxygens (including phenoxy) is 1. The van der Waals surface area contributed by atoms with Crippen molar-refractivity contribution in [2.24, 2.45) is 0 Å². The molecule has 0 aromatic heterocycles. The number of halogens is 1. The van der Waals surface area contributed by atoms with Crippen molar-refractivity contribution in [1.82, 2.24) is 4.72 Å². The molecule has 0 saturated heterocycles. The van der Waals surface area contributed by atoms with E-state index >= 15 is 0 Å². The first-order valence-electron chi connectivity index (χ1n) is 7.17. The third-order valence-corrected chi connectivity index (χ3v) is 4.86. The van der Waals surface area contributed by atoms with E-state index < -0.39 is 21.9 Å². The molecule has 126 valence electrons. The summed E-state index contributed by atoms with van der Waals surface area (Å²) in [5.41, 5.74) is 1.01. The van der Waals surface area contributed by atoms with Gasteiger partial charge < -0.3 is 4.74 Å². The van der Waals surface area contributed by atoms with Gasteiger partial charge in [0.15, 0.2) is 0 Å². The predicted octanol–water partition coefficient (Wildman–Crippen LogP) is 2.89. The lowest BCUT2D eigenvalue weighted by Gasteiger charge is -2.18. The third-order valence-electron chi connectivity index (χ3n) is 3.43. The van der Waals surface area contributed by atoms with Crippen molar-refractivity contribution < 1.29 is 17.5 Å². The first-order chi connectivity index (χ1) is 11.4. The van der Waals surface area contributed by atoms with Gasteiger partial charge in [0.2, 0.25) is 10.0 Å². The molecule has 2 aromatic rings. The fourth-order valence-electron chi connectivity index (χ4n) is 2.44. The molecule has 0 aliphatic rings. The van der Waals surface area contributed by atoms with Crippen LogP contribution in [0.5, 0.6) is 5.75 Å². The van der Waals surface area contributed by atoms with Gasteiger partial charge in [0, 0.05) is 5.56 Å². The molecule has 1 atom stereocenters. The number of rotatable bonds is 6. The molecule has 0 unspecified atom stereocenters. The Hall–Kier alpha value is -2.43. The van der Waals surface area contributed by atoms with Crippen LogP contribution in [0, 0.1) is 17.1 Å². The molecule has 0 aliphatic carbocycles. The molecule has 5 nitrogen and oxygen atoms in total. The zero-order chi connectivity index (χ0) is 17.7. The standard InChI is InChI=1S/C17H17FN2O3S/c1-12(17-15(18)7-4-8-16(17)23-2)20-24(21,22)11-14-6-3-5-13(9-14)10-19/h3-9,12,20H,11H2,1-2H3/t12-/m0/s1. The van der Waals surface area contributed by atoms with E-state index in [1.807, 2.05) is 6.07 Å². The molecular formula is C17H17FN2O3S. The number of hydrogen-bond donors (Lipinski definition) is 1. The van der Waals surface area contributed by atoms with Gasteiger partial charge in [0.05, 0.1) is 30.5 Å². The summed E-state index contributed by atoms with van der Waals surface area (Å²) in [5.74, 6) is -0.573. The van der Waals surface area contributed by atoms with Crippen LogP contribution in [0.1, 0.15) is 29.7 Å². The van der Waals surface area contributed by atoms with Crippen LogP contribution in [-0.4, -0.2) is 15.5 Å². The van der Waals surface area contributed by atoms with Crippen molar-refractivity contribution in [3.05, 3.63) is 65.0 Å². The average Bonchev–Trinajstić information content (AvgIpc) is 2.53. The minimum Gasteiger partial charge on any atom is -0.496 e. The Morgan fingerprint density at radius 1 is 1.29 bits per heavy atom. The van der Waals surface area contributed by atoms with Crippen molar-refractivity contribution in [1.29, 1.82) is 5.26 Å². The molecule has 0 saturated carbocycles. The number of nitriles is 1. The third kappa shape index (κ3) is 4.31. The summed E-state index contributed by atoms with van der Waals surface area (Å²) in [7, 11) is -2.33. The lowest BCUT2D eigenvalue weighted by molar-refractivity contribution is 0.398. The van der Waals surface area contributed by atoms with Crippen molar-refractivity contribution in [3.63, 3.8) is 0 Å². The molecule has 0 amide bonds. The lowest BCUT2D eigenvalue weighted by Crippen LogP contribution is -2.29. The first kappa shape index (κ1) is 17.9. The summed E-state index contributed by atoms with van der Waals surface area (Å²) in [6.07, 6.45) is 0. The summed E-state index contributed by atoms with van der Waals surface area (Å²) in [6, 6.07) is 11.8. The Bertz CT molecular complexity index is 876. The number of sulfonamides is 1. The molecular weight excluding hydrogens is 331 g/mol. The molecule has 0 fully saturated rings. The van der Waals surface area contributed by atoms with Gasteiger partial charge in [-0.15, -0.1) is 0 Å². The maximum absolute atomic E-state index is 14.0. The Morgan fingerprint density at radius 3 is 2.67 bits per heavy atom. The van der Waals surface area contributed by atoms with Crippen LogP contribution in [0.25, 0.3) is 0 Å². The zero-order valence-electron chi connectivity index (χ0n) is 13.3. The minimum atomic E-state index is -3.73. The highest BCUT2D eigenvalue weighted by Crippen LogP contribution is 2.28. The quantitative estimate of drug-likeness (QED) is 0.870. The average molecular weight is 348 g/mol. The highest BCUT2D eigenvalue weighted by molar-refractivity contribution is 7.88. The summed E-state index contributed by atoms with van der Waals surface area (Å²) < 4.78 is 46.3. The van der Waals surface area contributed by atoms with Crippen molar-refractivity contribution in [2.75, 3.05) is 7.11 Å². The second-order valence-corrected chi connectivity index (χ2v) is 7.02. The minimum absolute atomic E-state index is 0.148. The van der Waals surface area contributed by atoms with E-state index in [-0.39, 0.29) is 17.1 Å². The van der Waals surface area contributed by atoms with Gasteiger partial charge in [-0.1, -0.05) is 18.2 Å². The monoisotopic (exact) mass is 348 g/mol. The Balaban J connectivity index is 2.21. The number of methoxy groups -OCH3 is 1. The van der Waals surface area contributed by atoms with Crippen LogP contribution in [-0.2, 0) is 15.8 Å². The fourth-order valence-corrected chi connectivity index (χ4v) is 3.79. The Kier molecular flexibility index (Phi) is 5.54. The molecule has 24 heavy (non-hydrogen) atoms. The topological polar surface area (TPSA) is 79.2 Å². The SMILES string of the molecule is COc1cccc(F)c1[C@H](C)NS(=O)(=O)Cc1cccc(C#N)c1. The number of benzene rings is 2. The number of nitrogens with one attached hydrogen (secondary N) is 1. The van der Waals surface area contributed by atoms with Crippen LogP contribution < -0.4 is 9.46 Å². The summed E-state index contributed by atoms with van der Waals surface area (Å²) in [5, 5.41) is 8.87. The maximum Gasteiger partial charge on any atom is 0.216 e. The second kappa shape index (κ2) is 7.43. The van der Waals surface area contributed by atoms with E-state index in [9.17, 15) is 12.8 Å². The molecule has 0 aliphatic heterocycles. The summed E-state index contributed by atoms with van der Waals surface area (Å²) in [4.78, 5) is 0. The highest BCUT2D eigenvalue weighted by atomic mass is 32.2. The van der Waals surface area contributed by atoms with Crippen LogP contribution in [0.3, 0.4) is 0 Å². The number of hydrogen-bond acceptors (Lipinski definition) is 4. The van der Waals surface area contributed by atoms with Crippen LogP contribution in [0.2, 0.25) is 0 Å². The van der Waals surface area contributed by atoms with E-state index in [1.165, 1.54) is 25.3 Å². The smallest absolute Gasteiger partial charge is 0.216 e. The van der Waals surface area contributed by atoms with Crippen molar-refractivity contribution in [2.45, 2.75) is 18.7 Å². The van der Waals surface area contributed by atoms with Gasteiger partial charge in [0.25, 0.3) is 0 Å². The lowest BCUT2D eigenvalue weighted by atomic mass is 10.1. The van der Waals surface area contributed by atoms with Crippen molar-refractivity contribution in [3.8, 4) is 11.8 Å². The maximum atomic E-state index is 14.0. The molecule has 2 rings (SSSR count). The number of nitrogens with zero attached hydrogens (tertiary/aromatic N) is 1. The molecule has 1 N–H and O–H groups in total. The molecule has 0 spiro atoms. The van der Waals surface area contributed by atoms with E-state index in [2.05, 4.69) is 4.72 Å². The van der Waals surface area contributed by atoms with E-state index in [0.717, 1.165) is 0 Å². The first-order valence-corrected chi connectivity index (χ1v) is 8.83. The normalized spacial score (nSPS) is 12.4. The summed E-state index contributed by atoms with van der Waals surface area (Å²) in [6.45, 7) is 1.55. The molecule has 7 heteroatoms. The van der Waals surface area contributed by atoms with E-state index in [0.29, 0.717) is 11.1 Å². The van der Waals surface area contributed by atoms with Crippen LogP contribution in [0.15, 0.2) is 42.5 Å². The van der Waals surface area contributed by atoms with Gasteiger partial charge in [-0.2, -0.15) is 5.26 Å². The molecule has 2 aromatic carbocycles. The van der Waals surface area contributed by atoms with Crippen molar-refractivity contribution >= 4 is 10.0 Å². The fraction of sp³-hybridized carbons (Fsp3) is 0.235. The van der Waals surface area contributed by atoms with Crippen LogP contribution >= 0.6 is 0 Å². The second-order valence-electron chi connectivity index (χ2n) is 5.27.